The largest absolute Gasteiger partial charge is 0.506 e. The van der Waals surface area contributed by atoms with Crippen molar-refractivity contribution in [2.45, 2.75) is 6.04 Å². The smallest absolute Gasteiger partial charge is 0.139 e. The molecule has 1 fully saturated rings. The predicted molar refractivity (Wildman–Crippen MR) is 54.6 cm³/mol. The third-order valence-electron chi connectivity index (χ3n) is 2.35. The number of nitrogens with one attached hydrogen (secondary N) is 1. The van der Waals surface area contributed by atoms with Gasteiger partial charge >= 0.3 is 0 Å². The molecule has 0 saturated carbocycles. The van der Waals surface area contributed by atoms with E-state index in [-0.39, 0.29) is 16.8 Å². The molecule has 1 aromatic rings. The fourth-order valence-electron chi connectivity index (χ4n) is 1.62. The average molecular weight is 232 g/mol. The van der Waals surface area contributed by atoms with Crippen LogP contribution in [0.25, 0.3) is 0 Å². The van der Waals surface area contributed by atoms with Gasteiger partial charge in [0.05, 0.1) is 24.3 Å². The summed E-state index contributed by atoms with van der Waals surface area (Å²) < 4.78 is 18.3. The maximum Gasteiger partial charge on any atom is 0.139 e. The van der Waals surface area contributed by atoms with E-state index in [1.807, 2.05) is 0 Å². The second-order valence-electron chi connectivity index (χ2n) is 3.41. The maximum atomic E-state index is 13.1. The summed E-state index contributed by atoms with van der Waals surface area (Å²) in [4.78, 5) is 0. The maximum absolute atomic E-state index is 13.1. The first-order chi connectivity index (χ1) is 7.18. The van der Waals surface area contributed by atoms with Crippen molar-refractivity contribution in [1.29, 1.82) is 0 Å². The number of ether oxygens (including phenoxy) is 1. The molecule has 0 unspecified atom stereocenters. The van der Waals surface area contributed by atoms with Gasteiger partial charge in [-0.15, -0.1) is 0 Å². The molecule has 0 aliphatic carbocycles. The van der Waals surface area contributed by atoms with Crippen molar-refractivity contribution in [1.82, 2.24) is 5.32 Å². The molecule has 3 nitrogen and oxygen atoms in total. The van der Waals surface area contributed by atoms with Crippen molar-refractivity contribution in [3.63, 3.8) is 0 Å². The van der Waals surface area contributed by atoms with E-state index in [1.165, 1.54) is 6.07 Å². The first-order valence-corrected chi connectivity index (χ1v) is 5.05. The second-order valence-corrected chi connectivity index (χ2v) is 3.81. The highest BCUT2D eigenvalue weighted by Gasteiger charge is 2.20. The van der Waals surface area contributed by atoms with Crippen molar-refractivity contribution in [2.75, 3.05) is 19.8 Å². The zero-order chi connectivity index (χ0) is 10.8. The number of aromatic hydroxyl groups is 1. The Morgan fingerprint density at radius 3 is 3.00 bits per heavy atom. The van der Waals surface area contributed by atoms with Gasteiger partial charge in [-0.2, -0.15) is 0 Å². The summed E-state index contributed by atoms with van der Waals surface area (Å²) in [5.74, 6) is -0.541. The van der Waals surface area contributed by atoms with Crippen LogP contribution in [-0.2, 0) is 4.74 Å². The molecule has 0 bridgehead atoms. The molecule has 1 aliphatic heterocycles. The molecule has 1 atom stereocenters. The minimum absolute atomic E-state index is 0.0253. The van der Waals surface area contributed by atoms with Gasteiger partial charge < -0.3 is 15.2 Å². The van der Waals surface area contributed by atoms with Crippen molar-refractivity contribution in [2.24, 2.45) is 0 Å². The highest BCUT2D eigenvalue weighted by atomic mass is 35.5. The summed E-state index contributed by atoms with van der Waals surface area (Å²) in [6.45, 7) is 1.71. The van der Waals surface area contributed by atoms with E-state index in [4.69, 9.17) is 16.3 Å². The lowest BCUT2D eigenvalue weighted by Crippen LogP contribution is -2.34. The molecule has 2 N–H and O–H groups in total. The standard InChI is InChI=1S/C10H11ClFNO2/c11-8-4-6(12)3-7(10(8)14)9-5-15-2-1-13-9/h3-4,9,13-14H,1-2,5H2/t9-/m0/s1. The molecule has 1 aliphatic rings. The molecule has 1 saturated heterocycles. The van der Waals surface area contributed by atoms with E-state index >= 15 is 0 Å². The molecule has 0 radical (unpaired) electrons. The van der Waals surface area contributed by atoms with Crippen LogP contribution >= 0.6 is 11.6 Å². The number of halogens is 2. The predicted octanol–water partition coefficient (Wildman–Crippen LogP) is 1.85. The molecule has 1 heterocycles. The van der Waals surface area contributed by atoms with Gasteiger partial charge in [-0.1, -0.05) is 11.6 Å². The molecule has 0 aromatic heterocycles. The van der Waals surface area contributed by atoms with Crippen LogP contribution in [-0.4, -0.2) is 24.9 Å². The Balaban J connectivity index is 2.33. The topological polar surface area (TPSA) is 41.5 Å². The molecular weight excluding hydrogens is 221 g/mol. The van der Waals surface area contributed by atoms with Gasteiger partial charge in [0, 0.05) is 12.1 Å². The van der Waals surface area contributed by atoms with Gasteiger partial charge in [-0.3, -0.25) is 0 Å². The van der Waals surface area contributed by atoms with Gasteiger partial charge in [0.15, 0.2) is 0 Å². The van der Waals surface area contributed by atoms with Crippen molar-refractivity contribution >= 4 is 11.6 Å². The van der Waals surface area contributed by atoms with Crippen LogP contribution in [0.5, 0.6) is 5.75 Å². The van der Waals surface area contributed by atoms with Gasteiger partial charge in [0.25, 0.3) is 0 Å². The highest BCUT2D eigenvalue weighted by Crippen LogP contribution is 2.33. The number of hydrogen-bond donors (Lipinski definition) is 2. The van der Waals surface area contributed by atoms with E-state index < -0.39 is 5.82 Å². The summed E-state index contributed by atoms with van der Waals surface area (Å²) in [6.07, 6.45) is 0. The molecule has 15 heavy (non-hydrogen) atoms. The summed E-state index contributed by atoms with van der Waals surface area (Å²) >= 11 is 5.68. The number of hydrogen-bond acceptors (Lipinski definition) is 3. The fraction of sp³-hybridized carbons (Fsp3) is 0.400. The van der Waals surface area contributed by atoms with Crippen LogP contribution in [0.3, 0.4) is 0 Å². The Hall–Kier alpha value is -0.840. The van der Waals surface area contributed by atoms with Crippen molar-refractivity contribution in [3.05, 3.63) is 28.5 Å². The number of phenols is 1. The Morgan fingerprint density at radius 2 is 2.33 bits per heavy atom. The van der Waals surface area contributed by atoms with E-state index in [1.54, 1.807) is 0 Å². The normalized spacial score (nSPS) is 21.6. The van der Waals surface area contributed by atoms with E-state index in [0.717, 1.165) is 6.07 Å². The Morgan fingerprint density at radius 1 is 1.53 bits per heavy atom. The van der Waals surface area contributed by atoms with E-state index in [0.29, 0.717) is 25.3 Å². The summed E-state index contributed by atoms with van der Waals surface area (Å²) in [5.41, 5.74) is 0.444. The molecule has 82 valence electrons. The number of phenolic OH excluding ortho intramolecular Hbond substituents is 1. The first kappa shape index (κ1) is 10.7. The monoisotopic (exact) mass is 231 g/mol. The zero-order valence-electron chi connectivity index (χ0n) is 7.96. The number of rotatable bonds is 1. The lowest BCUT2D eigenvalue weighted by molar-refractivity contribution is 0.0760. The van der Waals surface area contributed by atoms with Crippen LogP contribution in [0.2, 0.25) is 5.02 Å². The van der Waals surface area contributed by atoms with Gasteiger partial charge in [0.2, 0.25) is 0 Å². The van der Waals surface area contributed by atoms with Crippen molar-refractivity contribution < 1.29 is 14.2 Å². The quantitative estimate of drug-likeness (QED) is 0.775. The summed E-state index contributed by atoms with van der Waals surface area (Å²) in [6, 6.07) is 2.16. The number of morpholine rings is 1. The third-order valence-corrected chi connectivity index (χ3v) is 2.64. The molecule has 0 spiro atoms. The first-order valence-electron chi connectivity index (χ1n) is 4.67. The average Bonchev–Trinajstić information content (AvgIpc) is 2.24. The van der Waals surface area contributed by atoms with Crippen molar-refractivity contribution in [3.8, 4) is 5.75 Å². The van der Waals surface area contributed by atoms with E-state index in [9.17, 15) is 9.50 Å². The highest BCUT2D eigenvalue weighted by molar-refractivity contribution is 6.32. The van der Waals surface area contributed by atoms with Crippen LogP contribution in [0, 0.1) is 5.82 Å². The molecule has 1 aromatic carbocycles. The third kappa shape index (κ3) is 2.22. The van der Waals surface area contributed by atoms with E-state index in [2.05, 4.69) is 5.32 Å². The molecule has 2 rings (SSSR count). The molecule has 5 heteroatoms. The molecular formula is C10H11ClFNO2. The second kappa shape index (κ2) is 4.35. The van der Waals surface area contributed by atoms with Crippen LogP contribution in [0.1, 0.15) is 11.6 Å². The summed E-state index contributed by atoms with van der Waals surface area (Å²) in [5, 5.41) is 12.8. The number of benzene rings is 1. The van der Waals surface area contributed by atoms with Crippen LogP contribution < -0.4 is 5.32 Å². The lowest BCUT2D eigenvalue weighted by Gasteiger charge is -2.25. The summed E-state index contributed by atoms with van der Waals surface area (Å²) in [7, 11) is 0. The van der Waals surface area contributed by atoms with Gasteiger partial charge in [-0.05, 0) is 12.1 Å². The molecule has 0 amide bonds. The Labute approximate surface area is 91.8 Å². The van der Waals surface area contributed by atoms with Crippen LogP contribution in [0.15, 0.2) is 12.1 Å². The van der Waals surface area contributed by atoms with Gasteiger partial charge in [-0.25, -0.2) is 4.39 Å². The SMILES string of the molecule is Oc1c(Cl)cc(F)cc1[C@@H]1COCCN1. The van der Waals surface area contributed by atoms with Gasteiger partial charge in [0.1, 0.15) is 11.6 Å². The minimum atomic E-state index is -0.458. The Kier molecular flexibility index (Phi) is 3.09. The fourth-order valence-corrected chi connectivity index (χ4v) is 1.83. The van der Waals surface area contributed by atoms with Crippen LogP contribution in [0.4, 0.5) is 4.39 Å². The lowest BCUT2D eigenvalue weighted by atomic mass is 10.1. The Bertz CT molecular complexity index is 367. The zero-order valence-corrected chi connectivity index (χ0v) is 8.72. The minimum Gasteiger partial charge on any atom is -0.506 e.